The Bertz CT molecular complexity index is 222. The monoisotopic (exact) mass is 169 g/mol. The Labute approximate surface area is 72.5 Å². The van der Waals surface area contributed by atoms with Crippen LogP contribution in [0.1, 0.15) is 5.56 Å². The molecule has 0 saturated carbocycles. The molecule has 0 spiro atoms. The van der Waals surface area contributed by atoms with E-state index in [1.54, 1.807) is 11.8 Å². The van der Waals surface area contributed by atoms with E-state index >= 15 is 0 Å². The van der Waals surface area contributed by atoms with Gasteiger partial charge in [-0.25, -0.2) is 0 Å². The van der Waals surface area contributed by atoms with Crippen LogP contribution in [0.15, 0.2) is 12.4 Å². The van der Waals surface area contributed by atoms with Gasteiger partial charge in [-0.3, -0.25) is 4.68 Å². The maximum atomic E-state index is 4.90. The number of hydrogen-bond acceptors (Lipinski definition) is 3. The molecule has 0 unspecified atom stereocenters. The third kappa shape index (κ3) is 3.02. The number of nitrogens with one attached hydrogen (secondary N) is 1. The summed E-state index contributed by atoms with van der Waals surface area (Å²) >= 11 is 0. The number of methoxy groups -OCH3 is 1. The van der Waals surface area contributed by atoms with Crippen molar-refractivity contribution < 1.29 is 4.74 Å². The summed E-state index contributed by atoms with van der Waals surface area (Å²) in [6, 6.07) is 0. The molecule has 4 nitrogen and oxygen atoms in total. The predicted octanol–water partition coefficient (Wildman–Crippen LogP) is 0.156. The highest BCUT2D eigenvalue weighted by Gasteiger charge is 1.93. The van der Waals surface area contributed by atoms with E-state index in [1.807, 2.05) is 19.4 Å². The molecule has 0 atom stereocenters. The second-order valence-electron chi connectivity index (χ2n) is 2.69. The van der Waals surface area contributed by atoms with E-state index in [4.69, 9.17) is 4.74 Å². The fourth-order valence-corrected chi connectivity index (χ4v) is 0.970. The number of aromatic nitrogens is 2. The maximum Gasteiger partial charge on any atom is 0.0587 e. The van der Waals surface area contributed by atoms with E-state index in [9.17, 15) is 0 Å². The van der Waals surface area contributed by atoms with Crippen LogP contribution in [0.2, 0.25) is 0 Å². The normalized spacial score (nSPS) is 10.5. The van der Waals surface area contributed by atoms with Crippen LogP contribution in [0.3, 0.4) is 0 Å². The van der Waals surface area contributed by atoms with Gasteiger partial charge in [0.25, 0.3) is 0 Å². The van der Waals surface area contributed by atoms with Crippen LogP contribution in [0.4, 0.5) is 0 Å². The highest BCUT2D eigenvalue weighted by Crippen LogP contribution is 1.93. The van der Waals surface area contributed by atoms with Crippen molar-refractivity contribution in [3.63, 3.8) is 0 Å². The lowest BCUT2D eigenvalue weighted by Gasteiger charge is -2.00. The first-order valence-electron chi connectivity index (χ1n) is 4.00. The zero-order chi connectivity index (χ0) is 8.81. The molecule has 0 aromatic carbocycles. The number of nitrogens with zero attached hydrogens (tertiary/aromatic N) is 2. The molecule has 1 N–H and O–H groups in total. The van der Waals surface area contributed by atoms with Crippen LogP contribution in [0.5, 0.6) is 0 Å². The average Bonchev–Trinajstić information content (AvgIpc) is 2.45. The summed E-state index contributed by atoms with van der Waals surface area (Å²) in [7, 11) is 3.62. The van der Waals surface area contributed by atoms with Gasteiger partial charge in [0.1, 0.15) is 0 Å². The lowest BCUT2D eigenvalue weighted by Crippen LogP contribution is -2.18. The molecule has 68 valence electrons. The van der Waals surface area contributed by atoms with E-state index in [1.165, 1.54) is 5.56 Å². The summed E-state index contributed by atoms with van der Waals surface area (Å²) in [5, 5.41) is 7.30. The van der Waals surface area contributed by atoms with E-state index < -0.39 is 0 Å². The quantitative estimate of drug-likeness (QED) is 0.638. The summed E-state index contributed by atoms with van der Waals surface area (Å²) in [4.78, 5) is 0. The van der Waals surface area contributed by atoms with Gasteiger partial charge < -0.3 is 10.1 Å². The van der Waals surface area contributed by atoms with Gasteiger partial charge in [0, 0.05) is 39.0 Å². The van der Waals surface area contributed by atoms with Crippen molar-refractivity contribution in [1.82, 2.24) is 15.1 Å². The van der Waals surface area contributed by atoms with Crippen LogP contribution in [0.25, 0.3) is 0 Å². The van der Waals surface area contributed by atoms with Crippen LogP contribution in [-0.4, -0.2) is 30.0 Å². The first-order chi connectivity index (χ1) is 5.83. The average molecular weight is 169 g/mol. The summed E-state index contributed by atoms with van der Waals surface area (Å²) < 4.78 is 6.70. The van der Waals surface area contributed by atoms with Crippen LogP contribution in [0, 0.1) is 0 Å². The van der Waals surface area contributed by atoms with Gasteiger partial charge in [0.05, 0.1) is 12.8 Å². The van der Waals surface area contributed by atoms with Gasteiger partial charge in [0.2, 0.25) is 0 Å². The molecule has 0 amide bonds. The lowest BCUT2D eigenvalue weighted by atomic mass is 10.3. The van der Waals surface area contributed by atoms with Gasteiger partial charge in [-0.2, -0.15) is 5.10 Å². The zero-order valence-corrected chi connectivity index (χ0v) is 7.58. The topological polar surface area (TPSA) is 39.1 Å². The largest absolute Gasteiger partial charge is 0.383 e. The molecule has 1 rings (SSSR count). The van der Waals surface area contributed by atoms with Gasteiger partial charge in [-0.1, -0.05) is 0 Å². The SMILES string of the molecule is COCCNCc1cnn(C)c1. The fourth-order valence-electron chi connectivity index (χ4n) is 0.970. The van der Waals surface area contributed by atoms with E-state index in [0.717, 1.165) is 19.7 Å². The molecule has 1 aromatic heterocycles. The van der Waals surface area contributed by atoms with Crippen LogP contribution >= 0.6 is 0 Å². The van der Waals surface area contributed by atoms with Crippen molar-refractivity contribution in [2.75, 3.05) is 20.3 Å². The Morgan fingerprint density at radius 3 is 3.08 bits per heavy atom. The van der Waals surface area contributed by atoms with E-state index in [-0.39, 0.29) is 0 Å². The van der Waals surface area contributed by atoms with Gasteiger partial charge >= 0.3 is 0 Å². The van der Waals surface area contributed by atoms with Crippen LogP contribution in [-0.2, 0) is 18.3 Å². The standard InChI is InChI=1S/C8H15N3O/c1-11-7-8(6-10-11)5-9-3-4-12-2/h6-7,9H,3-5H2,1-2H3. The summed E-state index contributed by atoms with van der Waals surface area (Å²) in [6.45, 7) is 2.49. The van der Waals surface area contributed by atoms with Crippen molar-refractivity contribution in [2.24, 2.45) is 7.05 Å². The summed E-state index contributed by atoms with van der Waals surface area (Å²) in [5.41, 5.74) is 1.20. The Morgan fingerprint density at radius 1 is 1.67 bits per heavy atom. The van der Waals surface area contributed by atoms with Gasteiger partial charge in [-0.15, -0.1) is 0 Å². The Morgan fingerprint density at radius 2 is 2.50 bits per heavy atom. The van der Waals surface area contributed by atoms with Crippen LogP contribution < -0.4 is 5.32 Å². The van der Waals surface area contributed by atoms with Crippen molar-refractivity contribution in [2.45, 2.75) is 6.54 Å². The Hall–Kier alpha value is -0.870. The van der Waals surface area contributed by atoms with Gasteiger partial charge in [-0.05, 0) is 0 Å². The summed E-state index contributed by atoms with van der Waals surface area (Å²) in [5.74, 6) is 0. The summed E-state index contributed by atoms with van der Waals surface area (Å²) in [6.07, 6.45) is 3.86. The Kier molecular flexibility index (Phi) is 3.76. The first-order valence-corrected chi connectivity index (χ1v) is 4.00. The molecule has 0 fully saturated rings. The highest BCUT2D eigenvalue weighted by atomic mass is 16.5. The third-order valence-corrected chi connectivity index (χ3v) is 1.57. The van der Waals surface area contributed by atoms with Crippen molar-refractivity contribution in [3.05, 3.63) is 18.0 Å². The molecule has 0 radical (unpaired) electrons. The molecule has 0 bridgehead atoms. The van der Waals surface area contributed by atoms with Crippen molar-refractivity contribution in [3.8, 4) is 0 Å². The molecule has 1 aromatic rings. The number of hydrogen-bond donors (Lipinski definition) is 1. The van der Waals surface area contributed by atoms with Crippen molar-refractivity contribution in [1.29, 1.82) is 0 Å². The molecular formula is C8H15N3O. The van der Waals surface area contributed by atoms with Crippen molar-refractivity contribution >= 4 is 0 Å². The van der Waals surface area contributed by atoms with E-state index in [0.29, 0.717) is 0 Å². The minimum absolute atomic E-state index is 0.750. The molecule has 0 aliphatic heterocycles. The molecule has 12 heavy (non-hydrogen) atoms. The molecule has 0 aliphatic rings. The zero-order valence-electron chi connectivity index (χ0n) is 7.58. The fraction of sp³-hybridized carbons (Fsp3) is 0.625. The van der Waals surface area contributed by atoms with Gasteiger partial charge in [0.15, 0.2) is 0 Å². The number of rotatable bonds is 5. The smallest absolute Gasteiger partial charge is 0.0587 e. The minimum atomic E-state index is 0.750. The second kappa shape index (κ2) is 4.90. The number of ether oxygens (including phenoxy) is 1. The molecule has 1 heterocycles. The molecule has 4 heteroatoms. The Balaban J connectivity index is 2.15. The molecule has 0 aliphatic carbocycles. The second-order valence-corrected chi connectivity index (χ2v) is 2.69. The predicted molar refractivity (Wildman–Crippen MR) is 46.8 cm³/mol. The molecular weight excluding hydrogens is 154 g/mol. The number of aryl methyl sites for hydroxylation is 1. The maximum absolute atomic E-state index is 4.90. The third-order valence-electron chi connectivity index (χ3n) is 1.57. The molecule has 0 saturated heterocycles. The van der Waals surface area contributed by atoms with E-state index in [2.05, 4.69) is 10.4 Å². The lowest BCUT2D eigenvalue weighted by molar-refractivity contribution is 0.199. The first kappa shape index (κ1) is 9.22. The highest BCUT2D eigenvalue weighted by molar-refractivity contribution is 5.02. The minimum Gasteiger partial charge on any atom is -0.383 e.